The summed E-state index contributed by atoms with van der Waals surface area (Å²) in [5.41, 5.74) is 3.97. The fraction of sp³-hybridized carbons (Fsp3) is 0.409. The van der Waals surface area contributed by atoms with E-state index in [9.17, 15) is 4.79 Å². The van der Waals surface area contributed by atoms with Gasteiger partial charge in [-0.1, -0.05) is 54.6 Å². The molecule has 1 fully saturated rings. The van der Waals surface area contributed by atoms with Gasteiger partial charge in [0.15, 0.2) is 0 Å². The number of nitrogens with zero attached hydrogens (tertiary/aromatic N) is 1. The maximum absolute atomic E-state index is 12.7. The molecule has 2 aromatic rings. The van der Waals surface area contributed by atoms with E-state index in [1.54, 1.807) is 0 Å². The minimum absolute atomic E-state index is 0. The second kappa shape index (κ2) is 10.8. The molecule has 2 heterocycles. The van der Waals surface area contributed by atoms with Crippen molar-refractivity contribution in [3.05, 3.63) is 71.3 Å². The van der Waals surface area contributed by atoms with E-state index in [-0.39, 0.29) is 36.8 Å². The average Bonchev–Trinajstić information content (AvgIpc) is 2.70. The van der Waals surface area contributed by atoms with Crippen molar-refractivity contribution in [2.45, 2.75) is 44.4 Å². The first-order chi connectivity index (χ1) is 12.8. The van der Waals surface area contributed by atoms with Crippen LogP contribution in [-0.2, 0) is 24.3 Å². The Morgan fingerprint density at radius 2 is 1.61 bits per heavy atom. The molecule has 1 amide bonds. The number of hydrogen-bond acceptors (Lipinski definition) is 3. The van der Waals surface area contributed by atoms with E-state index >= 15 is 0 Å². The number of amides is 1. The summed E-state index contributed by atoms with van der Waals surface area (Å²) in [6.45, 7) is 3.87. The molecule has 0 aliphatic carbocycles. The Kier molecular flexibility index (Phi) is 8.77. The van der Waals surface area contributed by atoms with E-state index in [1.165, 1.54) is 16.7 Å². The average molecular weight is 422 g/mol. The molecule has 2 aromatic carbocycles. The van der Waals surface area contributed by atoms with Gasteiger partial charge >= 0.3 is 0 Å². The number of rotatable bonds is 4. The summed E-state index contributed by atoms with van der Waals surface area (Å²) >= 11 is 0. The van der Waals surface area contributed by atoms with E-state index in [0.29, 0.717) is 6.04 Å². The summed E-state index contributed by atoms with van der Waals surface area (Å²) < 4.78 is 0. The monoisotopic (exact) mass is 421 g/mol. The van der Waals surface area contributed by atoms with Gasteiger partial charge in [0.25, 0.3) is 0 Å². The van der Waals surface area contributed by atoms with Gasteiger partial charge in [0.1, 0.15) is 0 Å². The van der Waals surface area contributed by atoms with Gasteiger partial charge in [-0.05, 0) is 36.0 Å². The molecule has 2 aliphatic heterocycles. The zero-order valence-electron chi connectivity index (χ0n) is 16.0. The molecular formula is C22H29Cl2N3O. The predicted molar refractivity (Wildman–Crippen MR) is 118 cm³/mol. The minimum atomic E-state index is -0.104. The lowest BCUT2D eigenvalue weighted by molar-refractivity contribution is -0.124. The van der Waals surface area contributed by atoms with E-state index in [2.05, 4.69) is 70.1 Å². The zero-order chi connectivity index (χ0) is 17.8. The Morgan fingerprint density at radius 3 is 2.32 bits per heavy atom. The van der Waals surface area contributed by atoms with Crippen LogP contribution in [0.3, 0.4) is 0 Å². The standard InChI is InChI=1S/C22H27N3O.2ClH/c26-22(21-14-18-8-4-5-9-19(18)15-23-21)24-20-10-12-25(13-11-20)16-17-6-2-1-3-7-17;;/h1-9,20-21,23H,10-16H2,(H,24,26);2*1H. The number of carbonyl (C=O) groups excluding carboxylic acids is 1. The Labute approximate surface area is 179 Å². The molecule has 0 spiro atoms. The summed E-state index contributed by atoms with van der Waals surface area (Å²) in [6, 6.07) is 19.2. The van der Waals surface area contributed by atoms with Gasteiger partial charge in [-0.25, -0.2) is 0 Å². The first-order valence-electron chi connectivity index (χ1n) is 9.65. The third kappa shape index (κ3) is 5.71. The smallest absolute Gasteiger partial charge is 0.237 e. The highest BCUT2D eigenvalue weighted by molar-refractivity contribution is 5.85. The maximum atomic E-state index is 12.7. The summed E-state index contributed by atoms with van der Waals surface area (Å²) in [6.07, 6.45) is 2.85. The Hall–Kier alpha value is -1.59. The van der Waals surface area contributed by atoms with Gasteiger partial charge in [0.05, 0.1) is 6.04 Å². The fourth-order valence-corrected chi connectivity index (χ4v) is 4.02. The molecule has 2 aliphatic rings. The number of fused-ring (bicyclic) bond motifs is 1. The highest BCUT2D eigenvalue weighted by atomic mass is 35.5. The molecular weight excluding hydrogens is 393 g/mol. The molecule has 0 aromatic heterocycles. The van der Waals surface area contributed by atoms with Gasteiger partial charge < -0.3 is 10.6 Å². The van der Waals surface area contributed by atoms with Crippen LogP contribution in [0.5, 0.6) is 0 Å². The molecule has 1 atom stereocenters. The number of nitrogens with one attached hydrogen (secondary N) is 2. The minimum Gasteiger partial charge on any atom is -0.352 e. The Morgan fingerprint density at radius 1 is 0.964 bits per heavy atom. The first-order valence-corrected chi connectivity index (χ1v) is 9.65. The molecule has 0 bridgehead atoms. The van der Waals surface area contributed by atoms with Gasteiger partial charge in [-0.15, -0.1) is 24.8 Å². The molecule has 2 N–H and O–H groups in total. The third-order valence-corrected chi connectivity index (χ3v) is 5.58. The normalized spacial score (nSPS) is 19.6. The van der Waals surface area contributed by atoms with Crippen molar-refractivity contribution < 1.29 is 4.79 Å². The fourth-order valence-electron chi connectivity index (χ4n) is 4.02. The number of halogens is 2. The number of likely N-dealkylation sites (tertiary alicyclic amines) is 1. The number of hydrogen-bond donors (Lipinski definition) is 2. The van der Waals surface area contributed by atoms with Crippen LogP contribution in [0.4, 0.5) is 0 Å². The lowest BCUT2D eigenvalue weighted by Crippen LogP contribution is -2.52. The van der Waals surface area contributed by atoms with Crippen LogP contribution in [0.25, 0.3) is 0 Å². The third-order valence-electron chi connectivity index (χ3n) is 5.58. The van der Waals surface area contributed by atoms with Crippen LogP contribution in [0.2, 0.25) is 0 Å². The van der Waals surface area contributed by atoms with Crippen molar-refractivity contribution in [2.24, 2.45) is 0 Å². The van der Waals surface area contributed by atoms with Crippen molar-refractivity contribution in [3.8, 4) is 0 Å². The van der Waals surface area contributed by atoms with Gasteiger partial charge in [0, 0.05) is 32.2 Å². The highest BCUT2D eigenvalue weighted by Crippen LogP contribution is 2.18. The topological polar surface area (TPSA) is 44.4 Å². The van der Waals surface area contributed by atoms with E-state index in [0.717, 1.165) is 45.4 Å². The number of piperidine rings is 1. The van der Waals surface area contributed by atoms with Crippen molar-refractivity contribution in [3.63, 3.8) is 0 Å². The summed E-state index contributed by atoms with van der Waals surface area (Å²) in [5.74, 6) is 0.154. The zero-order valence-corrected chi connectivity index (χ0v) is 17.6. The summed E-state index contributed by atoms with van der Waals surface area (Å²) in [7, 11) is 0. The van der Waals surface area contributed by atoms with Crippen molar-refractivity contribution in [1.82, 2.24) is 15.5 Å². The van der Waals surface area contributed by atoms with Crippen LogP contribution in [0, 0.1) is 0 Å². The molecule has 28 heavy (non-hydrogen) atoms. The Bertz CT molecular complexity index is 748. The van der Waals surface area contributed by atoms with Crippen molar-refractivity contribution in [1.29, 1.82) is 0 Å². The van der Waals surface area contributed by atoms with Crippen LogP contribution in [0.1, 0.15) is 29.5 Å². The van der Waals surface area contributed by atoms with Gasteiger partial charge in [-0.3, -0.25) is 9.69 Å². The van der Waals surface area contributed by atoms with Crippen LogP contribution in [0.15, 0.2) is 54.6 Å². The van der Waals surface area contributed by atoms with Gasteiger partial charge in [-0.2, -0.15) is 0 Å². The molecule has 152 valence electrons. The van der Waals surface area contributed by atoms with E-state index in [1.807, 2.05) is 0 Å². The second-order valence-corrected chi connectivity index (χ2v) is 7.45. The molecule has 0 saturated carbocycles. The SMILES string of the molecule is Cl.Cl.O=C(NC1CCN(Cc2ccccc2)CC1)C1Cc2ccccc2CN1. The molecule has 6 heteroatoms. The predicted octanol–water partition coefficient (Wildman–Crippen LogP) is 3.33. The van der Waals surface area contributed by atoms with Crippen molar-refractivity contribution in [2.75, 3.05) is 13.1 Å². The quantitative estimate of drug-likeness (QED) is 0.795. The molecule has 1 saturated heterocycles. The van der Waals surface area contributed by atoms with Crippen molar-refractivity contribution >= 4 is 30.7 Å². The highest BCUT2D eigenvalue weighted by Gasteiger charge is 2.27. The molecule has 1 unspecified atom stereocenters. The largest absolute Gasteiger partial charge is 0.352 e. The number of carbonyl (C=O) groups is 1. The lowest BCUT2D eigenvalue weighted by atomic mass is 9.95. The van der Waals surface area contributed by atoms with Gasteiger partial charge in [0.2, 0.25) is 5.91 Å². The summed E-state index contributed by atoms with van der Waals surface area (Å²) in [4.78, 5) is 15.1. The lowest BCUT2D eigenvalue weighted by Gasteiger charge is -2.34. The molecule has 0 radical (unpaired) electrons. The Balaban J connectivity index is 0.00000140. The first kappa shape index (κ1) is 22.7. The molecule has 4 rings (SSSR count). The second-order valence-electron chi connectivity index (χ2n) is 7.45. The molecule has 4 nitrogen and oxygen atoms in total. The van der Waals surface area contributed by atoms with E-state index < -0.39 is 0 Å². The number of benzene rings is 2. The summed E-state index contributed by atoms with van der Waals surface area (Å²) in [5, 5.41) is 6.66. The van der Waals surface area contributed by atoms with Crippen LogP contribution in [-0.4, -0.2) is 36.0 Å². The maximum Gasteiger partial charge on any atom is 0.237 e. The van der Waals surface area contributed by atoms with E-state index in [4.69, 9.17) is 0 Å². The van der Waals surface area contributed by atoms with Crippen LogP contribution < -0.4 is 10.6 Å². The van der Waals surface area contributed by atoms with Crippen LogP contribution >= 0.6 is 24.8 Å².